The number of anilines is 1. The molecular formula is C15H20N4. The lowest BCUT2D eigenvalue weighted by Gasteiger charge is -2.21. The normalized spacial score (nSPS) is 16.6. The summed E-state index contributed by atoms with van der Waals surface area (Å²) >= 11 is 0. The van der Waals surface area contributed by atoms with Crippen LogP contribution in [0.2, 0.25) is 0 Å². The predicted octanol–water partition coefficient (Wildman–Crippen LogP) is 3.11. The van der Waals surface area contributed by atoms with Crippen molar-refractivity contribution in [2.75, 3.05) is 5.73 Å². The van der Waals surface area contributed by atoms with E-state index in [1.165, 1.54) is 32.1 Å². The minimum atomic E-state index is 0.729. The maximum atomic E-state index is 6.07. The highest BCUT2D eigenvalue weighted by Gasteiger charge is 2.16. The summed E-state index contributed by atoms with van der Waals surface area (Å²) in [6, 6.07) is 7.77. The summed E-state index contributed by atoms with van der Waals surface area (Å²) in [5.41, 5.74) is 7.82. The zero-order valence-electron chi connectivity index (χ0n) is 11.1. The molecule has 0 bridgehead atoms. The second-order valence-corrected chi connectivity index (χ2v) is 5.36. The Morgan fingerprint density at radius 1 is 1.16 bits per heavy atom. The highest BCUT2D eigenvalue weighted by atomic mass is 15.3. The molecule has 2 aromatic heterocycles. The Balaban J connectivity index is 1.77. The maximum Gasteiger partial charge on any atom is 0.122 e. The molecule has 2 aromatic rings. The number of pyridine rings is 1. The number of nitrogen functional groups attached to an aromatic ring is 1. The standard InChI is InChI=1S/C15H20N4/c16-15-10-14(13-8-4-5-9-17-13)18-19(15)11-12-6-2-1-3-7-12/h4-5,8-10,12H,1-3,6-7,11,16H2. The molecule has 1 saturated carbocycles. The van der Waals surface area contributed by atoms with Gasteiger partial charge in [0, 0.05) is 18.8 Å². The van der Waals surface area contributed by atoms with Crippen molar-refractivity contribution in [3.8, 4) is 11.4 Å². The van der Waals surface area contributed by atoms with E-state index in [0.717, 1.165) is 29.7 Å². The van der Waals surface area contributed by atoms with E-state index in [-0.39, 0.29) is 0 Å². The van der Waals surface area contributed by atoms with Crippen LogP contribution in [-0.4, -0.2) is 14.8 Å². The van der Waals surface area contributed by atoms with E-state index in [2.05, 4.69) is 10.1 Å². The topological polar surface area (TPSA) is 56.7 Å². The average Bonchev–Trinajstić information content (AvgIpc) is 2.82. The third-order valence-corrected chi connectivity index (χ3v) is 3.89. The first-order valence-corrected chi connectivity index (χ1v) is 7.07. The summed E-state index contributed by atoms with van der Waals surface area (Å²) in [6.07, 6.45) is 8.46. The van der Waals surface area contributed by atoms with E-state index < -0.39 is 0 Å². The summed E-state index contributed by atoms with van der Waals surface area (Å²) in [4.78, 5) is 4.32. The summed E-state index contributed by atoms with van der Waals surface area (Å²) in [6.45, 7) is 0.943. The van der Waals surface area contributed by atoms with Crippen molar-refractivity contribution in [1.29, 1.82) is 0 Å². The Hall–Kier alpha value is -1.84. The van der Waals surface area contributed by atoms with Gasteiger partial charge in [0.05, 0.1) is 5.69 Å². The third kappa shape index (κ3) is 2.78. The monoisotopic (exact) mass is 256 g/mol. The first-order valence-electron chi connectivity index (χ1n) is 7.07. The Kier molecular flexibility index (Phi) is 3.49. The van der Waals surface area contributed by atoms with Gasteiger partial charge in [-0.15, -0.1) is 0 Å². The minimum absolute atomic E-state index is 0.729. The molecule has 100 valence electrons. The van der Waals surface area contributed by atoms with Crippen LogP contribution in [0.4, 0.5) is 5.82 Å². The minimum Gasteiger partial charge on any atom is -0.384 e. The number of nitrogens with zero attached hydrogens (tertiary/aromatic N) is 3. The predicted molar refractivity (Wildman–Crippen MR) is 76.4 cm³/mol. The van der Waals surface area contributed by atoms with Crippen molar-refractivity contribution in [3.63, 3.8) is 0 Å². The molecule has 1 aliphatic rings. The first-order chi connectivity index (χ1) is 9.33. The van der Waals surface area contributed by atoms with E-state index in [1.54, 1.807) is 6.20 Å². The molecule has 2 heterocycles. The lowest BCUT2D eigenvalue weighted by atomic mass is 9.89. The molecule has 4 heteroatoms. The van der Waals surface area contributed by atoms with Crippen molar-refractivity contribution < 1.29 is 0 Å². The molecule has 0 unspecified atom stereocenters. The van der Waals surface area contributed by atoms with E-state index in [9.17, 15) is 0 Å². The molecule has 1 fully saturated rings. The van der Waals surface area contributed by atoms with Crippen LogP contribution in [0.25, 0.3) is 11.4 Å². The molecule has 0 aromatic carbocycles. The molecule has 0 saturated heterocycles. The van der Waals surface area contributed by atoms with Crippen molar-refractivity contribution in [1.82, 2.24) is 14.8 Å². The zero-order chi connectivity index (χ0) is 13.1. The lowest BCUT2D eigenvalue weighted by Crippen LogP contribution is -2.16. The fourth-order valence-corrected chi connectivity index (χ4v) is 2.83. The van der Waals surface area contributed by atoms with E-state index in [1.807, 2.05) is 28.9 Å². The maximum absolute atomic E-state index is 6.07. The number of nitrogens with two attached hydrogens (primary N) is 1. The van der Waals surface area contributed by atoms with Crippen LogP contribution in [0.3, 0.4) is 0 Å². The SMILES string of the molecule is Nc1cc(-c2ccccn2)nn1CC1CCCCC1. The molecule has 3 rings (SSSR count). The summed E-state index contributed by atoms with van der Waals surface area (Å²) in [7, 11) is 0. The van der Waals surface area contributed by atoms with Gasteiger partial charge in [-0.05, 0) is 30.9 Å². The first kappa shape index (κ1) is 12.2. The van der Waals surface area contributed by atoms with E-state index >= 15 is 0 Å². The molecule has 1 aliphatic carbocycles. The Morgan fingerprint density at radius 3 is 2.74 bits per heavy atom. The lowest BCUT2D eigenvalue weighted by molar-refractivity contribution is 0.310. The quantitative estimate of drug-likeness (QED) is 0.918. The highest BCUT2D eigenvalue weighted by molar-refractivity contribution is 5.57. The van der Waals surface area contributed by atoms with Gasteiger partial charge in [-0.2, -0.15) is 5.10 Å². The van der Waals surface area contributed by atoms with Crippen LogP contribution in [0.5, 0.6) is 0 Å². The van der Waals surface area contributed by atoms with Gasteiger partial charge in [-0.3, -0.25) is 4.98 Å². The van der Waals surface area contributed by atoms with Crippen LogP contribution in [-0.2, 0) is 6.54 Å². The van der Waals surface area contributed by atoms with Crippen molar-refractivity contribution in [3.05, 3.63) is 30.5 Å². The molecule has 0 radical (unpaired) electrons. The number of hydrogen-bond acceptors (Lipinski definition) is 3. The molecule has 0 spiro atoms. The average molecular weight is 256 g/mol. The van der Waals surface area contributed by atoms with Crippen LogP contribution in [0.1, 0.15) is 32.1 Å². The van der Waals surface area contributed by atoms with Gasteiger partial charge in [0.1, 0.15) is 11.5 Å². The molecule has 4 nitrogen and oxygen atoms in total. The summed E-state index contributed by atoms with van der Waals surface area (Å²) in [5.74, 6) is 1.47. The van der Waals surface area contributed by atoms with Gasteiger partial charge in [0.25, 0.3) is 0 Å². The molecule has 19 heavy (non-hydrogen) atoms. The Morgan fingerprint density at radius 2 is 2.00 bits per heavy atom. The second kappa shape index (κ2) is 5.43. The molecule has 0 aliphatic heterocycles. The van der Waals surface area contributed by atoms with Crippen molar-refractivity contribution >= 4 is 5.82 Å². The molecule has 0 amide bonds. The van der Waals surface area contributed by atoms with E-state index in [4.69, 9.17) is 5.73 Å². The largest absolute Gasteiger partial charge is 0.384 e. The van der Waals surface area contributed by atoms with Gasteiger partial charge >= 0.3 is 0 Å². The smallest absolute Gasteiger partial charge is 0.122 e. The van der Waals surface area contributed by atoms with Gasteiger partial charge in [0.2, 0.25) is 0 Å². The van der Waals surface area contributed by atoms with Crippen LogP contribution in [0, 0.1) is 5.92 Å². The molecule has 2 N–H and O–H groups in total. The van der Waals surface area contributed by atoms with Crippen LogP contribution < -0.4 is 5.73 Å². The van der Waals surface area contributed by atoms with Gasteiger partial charge in [-0.1, -0.05) is 25.3 Å². The van der Waals surface area contributed by atoms with Crippen molar-refractivity contribution in [2.24, 2.45) is 5.92 Å². The van der Waals surface area contributed by atoms with Gasteiger partial charge in [-0.25, -0.2) is 4.68 Å². The number of aromatic nitrogens is 3. The second-order valence-electron chi connectivity index (χ2n) is 5.36. The van der Waals surface area contributed by atoms with Crippen LogP contribution >= 0.6 is 0 Å². The van der Waals surface area contributed by atoms with Crippen molar-refractivity contribution in [2.45, 2.75) is 38.6 Å². The Bertz CT molecular complexity index is 526. The fraction of sp³-hybridized carbons (Fsp3) is 0.467. The molecular weight excluding hydrogens is 236 g/mol. The Labute approximate surface area is 113 Å². The molecule has 0 atom stereocenters. The van der Waals surface area contributed by atoms with E-state index in [0.29, 0.717) is 0 Å². The fourth-order valence-electron chi connectivity index (χ4n) is 2.83. The third-order valence-electron chi connectivity index (χ3n) is 3.89. The van der Waals surface area contributed by atoms with Crippen LogP contribution in [0.15, 0.2) is 30.5 Å². The number of rotatable bonds is 3. The van der Waals surface area contributed by atoms with Gasteiger partial charge in [0.15, 0.2) is 0 Å². The highest BCUT2D eigenvalue weighted by Crippen LogP contribution is 2.26. The summed E-state index contributed by atoms with van der Waals surface area (Å²) in [5, 5.41) is 4.60. The summed E-state index contributed by atoms with van der Waals surface area (Å²) < 4.78 is 1.94. The van der Waals surface area contributed by atoms with Gasteiger partial charge < -0.3 is 5.73 Å². The number of hydrogen-bond donors (Lipinski definition) is 1. The zero-order valence-corrected chi connectivity index (χ0v) is 11.1.